The summed E-state index contributed by atoms with van der Waals surface area (Å²) in [6.45, 7) is 0. The van der Waals surface area contributed by atoms with E-state index in [1.54, 1.807) is 25.6 Å². The van der Waals surface area contributed by atoms with Gasteiger partial charge < -0.3 is 10.5 Å². The van der Waals surface area contributed by atoms with Gasteiger partial charge in [-0.1, -0.05) is 0 Å². The minimum atomic E-state index is 0.403. The molecule has 0 bridgehead atoms. The fraction of sp³-hybridized carbons (Fsp3) is 0.100. The summed E-state index contributed by atoms with van der Waals surface area (Å²) in [5, 5.41) is 0. The lowest BCUT2D eigenvalue weighted by molar-refractivity contribution is 0.398. The molecule has 2 heterocycles. The maximum atomic E-state index is 5.45. The Morgan fingerprint density at radius 1 is 1.20 bits per heavy atom. The molecule has 0 aliphatic rings. The Kier molecular flexibility index (Phi) is 2.45. The molecule has 2 aromatic heterocycles. The standard InChI is InChI=1S/C10H10N4O/c1-15-10-4-7(2-3-12-10)8-5-14-9(11)6-13-8/h2-6H,1H3,(H2,11,14). The number of hydrogen-bond donors (Lipinski definition) is 1. The van der Waals surface area contributed by atoms with Crippen LogP contribution in [0, 0.1) is 0 Å². The van der Waals surface area contributed by atoms with Crippen molar-refractivity contribution in [3.63, 3.8) is 0 Å². The number of nitrogens with two attached hydrogens (primary N) is 1. The molecule has 5 heteroatoms. The summed E-state index contributed by atoms with van der Waals surface area (Å²) < 4.78 is 5.02. The van der Waals surface area contributed by atoms with Gasteiger partial charge in [0.1, 0.15) is 5.82 Å². The van der Waals surface area contributed by atoms with Crippen LogP contribution in [0.4, 0.5) is 5.82 Å². The quantitative estimate of drug-likeness (QED) is 0.790. The lowest BCUT2D eigenvalue weighted by atomic mass is 10.2. The topological polar surface area (TPSA) is 73.9 Å². The normalized spacial score (nSPS) is 9.93. The van der Waals surface area contributed by atoms with Crippen LogP contribution in [0.25, 0.3) is 11.3 Å². The number of aromatic nitrogens is 3. The van der Waals surface area contributed by atoms with Gasteiger partial charge in [-0.15, -0.1) is 0 Å². The Balaban J connectivity index is 2.40. The molecule has 0 atom stereocenters. The molecule has 0 fully saturated rings. The Bertz CT molecular complexity index is 455. The first kappa shape index (κ1) is 9.39. The predicted molar refractivity (Wildman–Crippen MR) is 56.2 cm³/mol. The zero-order chi connectivity index (χ0) is 10.7. The fourth-order valence-corrected chi connectivity index (χ4v) is 1.17. The molecule has 15 heavy (non-hydrogen) atoms. The van der Waals surface area contributed by atoms with Gasteiger partial charge in [0.25, 0.3) is 0 Å². The highest BCUT2D eigenvalue weighted by Gasteiger charge is 2.01. The Labute approximate surface area is 87.0 Å². The minimum absolute atomic E-state index is 0.403. The average Bonchev–Trinajstić information content (AvgIpc) is 2.30. The van der Waals surface area contributed by atoms with Gasteiger partial charge in [0, 0.05) is 17.8 Å². The molecule has 2 aromatic rings. The summed E-state index contributed by atoms with van der Waals surface area (Å²) in [5.41, 5.74) is 7.09. The van der Waals surface area contributed by atoms with Crippen molar-refractivity contribution in [2.24, 2.45) is 0 Å². The highest BCUT2D eigenvalue weighted by atomic mass is 16.5. The highest BCUT2D eigenvalue weighted by molar-refractivity contribution is 5.59. The van der Waals surface area contributed by atoms with E-state index < -0.39 is 0 Å². The van der Waals surface area contributed by atoms with Crippen molar-refractivity contribution in [1.82, 2.24) is 15.0 Å². The molecule has 0 aliphatic carbocycles. The number of anilines is 1. The smallest absolute Gasteiger partial charge is 0.213 e. The van der Waals surface area contributed by atoms with E-state index in [0.29, 0.717) is 11.7 Å². The summed E-state index contributed by atoms with van der Waals surface area (Å²) in [6.07, 6.45) is 4.79. The number of hydrogen-bond acceptors (Lipinski definition) is 5. The fourth-order valence-electron chi connectivity index (χ4n) is 1.17. The molecule has 0 saturated carbocycles. The van der Waals surface area contributed by atoms with E-state index in [4.69, 9.17) is 10.5 Å². The first-order valence-electron chi connectivity index (χ1n) is 4.37. The Morgan fingerprint density at radius 2 is 2.07 bits per heavy atom. The molecule has 2 rings (SSSR count). The molecule has 0 amide bonds. The monoisotopic (exact) mass is 202 g/mol. The molecule has 0 aromatic carbocycles. The van der Waals surface area contributed by atoms with Crippen molar-refractivity contribution in [2.45, 2.75) is 0 Å². The van der Waals surface area contributed by atoms with Crippen molar-refractivity contribution in [3.8, 4) is 17.1 Å². The molecular weight excluding hydrogens is 192 g/mol. The summed E-state index contributed by atoms with van der Waals surface area (Å²) in [7, 11) is 1.57. The Hall–Kier alpha value is -2.17. The van der Waals surface area contributed by atoms with Crippen molar-refractivity contribution in [1.29, 1.82) is 0 Å². The second-order valence-electron chi connectivity index (χ2n) is 2.91. The molecule has 0 aliphatic heterocycles. The summed E-state index contributed by atoms with van der Waals surface area (Å²) in [5.74, 6) is 0.950. The zero-order valence-electron chi connectivity index (χ0n) is 8.21. The molecule has 0 saturated heterocycles. The summed E-state index contributed by atoms with van der Waals surface area (Å²) in [6, 6.07) is 3.63. The second-order valence-corrected chi connectivity index (χ2v) is 2.91. The molecule has 5 nitrogen and oxygen atoms in total. The molecule has 0 spiro atoms. The van der Waals surface area contributed by atoms with Gasteiger partial charge in [0.2, 0.25) is 5.88 Å². The van der Waals surface area contributed by atoms with Crippen molar-refractivity contribution < 1.29 is 4.74 Å². The lowest BCUT2D eigenvalue weighted by Crippen LogP contribution is -1.93. The van der Waals surface area contributed by atoms with E-state index in [9.17, 15) is 0 Å². The molecule has 0 radical (unpaired) electrons. The van der Waals surface area contributed by atoms with Crippen LogP contribution >= 0.6 is 0 Å². The number of nitrogens with zero attached hydrogens (tertiary/aromatic N) is 3. The van der Waals surface area contributed by atoms with E-state index in [2.05, 4.69) is 15.0 Å². The van der Waals surface area contributed by atoms with Crippen molar-refractivity contribution >= 4 is 5.82 Å². The van der Waals surface area contributed by atoms with Crippen LogP contribution in [-0.2, 0) is 0 Å². The number of pyridine rings is 1. The number of nitrogen functional groups attached to an aromatic ring is 1. The van der Waals surface area contributed by atoms with E-state index in [-0.39, 0.29) is 0 Å². The van der Waals surface area contributed by atoms with Crippen LogP contribution in [0.3, 0.4) is 0 Å². The Morgan fingerprint density at radius 3 is 2.73 bits per heavy atom. The second kappa shape index (κ2) is 3.91. The van der Waals surface area contributed by atoms with Crippen LogP contribution in [0.1, 0.15) is 0 Å². The predicted octanol–water partition coefficient (Wildman–Crippen LogP) is 1.13. The zero-order valence-corrected chi connectivity index (χ0v) is 8.21. The van der Waals surface area contributed by atoms with Gasteiger partial charge in [-0.05, 0) is 6.07 Å². The summed E-state index contributed by atoms with van der Waals surface area (Å²) >= 11 is 0. The SMILES string of the molecule is COc1cc(-c2cnc(N)cn2)ccn1. The van der Waals surface area contributed by atoms with E-state index in [0.717, 1.165) is 11.3 Å². The van der Waals surface area contributed by atoms with Crippen molar-refractivity contribution in [2.75, 3.05) is 12.8 Å². The maximum Gasteiger partial charge on any atom is 0.213 e. The van der Waals surface area contributed by atoms with Crippen molar-refractivity contribution in [3.05, 3.63) is 30.7 Å². The van der Waals surface area contributed by atoms with Gasteiger partial charge in [0.05, 0.1) is 25.2 Å². The average molecular weight is 202 g/mol. The highest BCUT2D eigenvalue weighted by Crippen LogP contribution is 2.19. The molecule has 2 N–H and O–H groups in total. The van der Waals surface area contributed by atoms with Gasteiger partial charge in [-0.3, -0.25) is 4.98 Å². The van der Waals surface area contributed by atoms with Crippen LogP contribution in [-0.4, -0.2) is 22.1 Å². The van der Waals surface area contributed by atoms with E-state index >= 15 is 0 Å². The van der Waals surface area contributed by atoms with Gasteiger partial charge in [-0.2, -0.15) is 0 Å². The molecular formula is C10H10N4O. The van der Waals surface area contributed by atoms with E-state index in [1.807, 2.05) is 6.07 Å². The van der Waals surface area contributed by atoms with Crippen LogP contribution in [0.5, 0.6) is 5.88 Å². The largest absolute Gasteiger partial charge is 0.481 e. The first-order chi connectivity index (χ1) is 7.29. The lowest BCUT2D eigenvalue weighted by Gasteiger charge is -2.02. The number of rotatable bonds is 2. The van der Waals surface area contributed by atoms with Crippen LogP contribution < -0.4 is 10.5 Å². The van der Waals surface area contributed by atoms with Crippen LogP contribution in [0.15, 0.2) is 30.7 Å². The van der Waals surface area contributed by atoms with E-state index in [1.165, 1.54) is 6.20 Å². The third kappa shape index (κ3) is 2.01. The van der Waals surface area contributed by atoms with Gasteiger partial charge in [0.15, 0.2) is 0 Å². The van der Waals surface area contributed by atoms with Gasteiger partial charge >= 0.3 is 0 Å². The maximum absolute atomic E-state index is 5.45. The molecule has 76 valence electrons. The molecule has 0 unspecified atom stereocenters. The number of ether oxygens (including phenoxy) is 1. The first-order valence-corrected chi connectivity index (χ1v) is 4.37. The van der Waals surface area contributed by atoms with Gasteiger partial charge in [-0.25, -0.2) is 9.97 Å². The number of methoxy groups -OCH3 is 1. The third-order valence-electron chi connectivity index (χ3n) is 1.91. The van der Waals surface area contributed by atoms with Crippen LogP contribution in [0.2, 0.25) is 0 Å². The third-order valence-corrected chi connectivity index (χ3v) is 1.91. The minimum Gasteiger partial charge on any atom is -0.481 e. The summed E-state index contributed by atoms with van der Waals surface area (Å²) in [4.78, 5) is 12.1.